The molecule has 1 aromatic carbocycles. The summed E-state index contributed by atoms with van der Waals surface area (Å²) in [5.74, 6) is 0. The molecule has 3 rings (SSSR count). The van der Waals surface area contributed by atoms with Gasteiger partial charge in [0.15, 0.2) is 0 Å². The molecule has 1 unspecified atom stereocenters. The number of halogens is 3. The van der Waals surface area contributed by atoms with Crippen LogP contribution >= 0.6 is 0 Å². The molecule has 21 heavy (non-hydrogen) atoms. The molecule has 1 saturated carbocycles. The van der Waals surface area contributed by atoms with Crippen molar-refractivity contribution in [1.82, 2.24) is 5.32 Å². The van der Waals surface area contributed by atoms with Crippen molar-refractivity contribution in [3.05, 3.63) is 35.4 Å². The van der Waals surface area contributed by atoms with Crippen molar-refractivity contribution in [2.45, 2.75) is 38.0 Å². The molecule has 1 saturated heterocycles. The van der Waals surface area contributed by atoms with Crippen LogP contribution in [-0.2, 0) is 10.9 Å². The number of ether oxygens (including phenoxy) is 1. The van der Waals surface area contributed by atoms with Crippen LogP contribution < -0.4 is 5.32 Å². The fraction of sp³-hybridized carbons (Fsp3) is 0.625. The predicted molar refractivity (Wildman–Crippen MR) is 73.9 cm³/mol. The van der Waals surface area contributed by atoms with E-state index < -0.39 is 11.7 Å². The normalized spacial score (nSPS) is 26.0. The van der Waals surface area contributed by atoms with Gasteiger partial charge in [-0.3, -0.25) is 0 Å². The molecule has 116 valence electrons. The Labute approximate surface area is 122 Å². The Morgan fingerprint density at radius 2 is 1.95 bits per heavy atom. The second-order valence-corrected chi connectivity index (χ2v) is 6.26. The Bertz CT molecular complexity index is 495. The van der Waals surface area contributed by atoms with E-state index in [0.717, 1.165) is 25.5 Å². The molecule has 1 spiro atoms. The highest BCUT2D eigenvalue weighted by Crippen LogP contribution is 2.40. The minimum absolute atomic E-state index is 0.191. The van der Waals surface area contributed by atoms with Crippen LogP contribution in [0, 0.1) is 5.41 Å². The molecule has 1 aliphatic carbocycles. The summed E-state index contributed by atoms with van der Waals surface area (Å²) in [6.07, 6.45) is 0.136. The number of nitrogens with one attached hydrogen (secondary N) is 1. The first kappa shape index (κ1) is 14.9. The molecule has 1 aliphatic heterocycles. The lowest BCUT2D eigenvalue weighted by Gasteiger charge is -2.26. The highest BCUT2D eigenvalue weighted by molar-refractivity contribution is 5.27. The van der Waals surface area contributed by atoms with E-state index in [1.807, 2.05) is 0 Å². The van der Waals surface area contributed by atoms with Gasteiger partial charge in [-0.2, -0.15) is 13.2 Å². The zero-order valence-electron chi connectivity index (χ0n) is 11.9. The third kappa shape index (κ3) is 3.24. The zero-order chi connectivity index (χ0) is 14.9. The van der Waals surface area contributed by atoms with Gasteiger partial charge in [0.2, 0.25) is 0 Å². The molecular weight excluding hydrogens is 279 g/mol. The summed E-state index contributed by atoms with van der Waals surface area (Å²) >= 11 is 0. The third-order valence-electron chi connectivity index (χ3n) is 4.67. The summed E-state index contributed by atoms with van der Waals surface area (Å²) in [5.41, 5.74) is 0.187. The molecular formula is C16H20F3NO. The average Bonchev–Trinajstić information content (AvgIpc) is 2.80. The Kier molecular flexibility index (Phi) is 3.97. The largest absolute Gasteiger partial charge is 0.416 e. The van der Waals surface area contributed by atoms with E-state index in [1.54, 1.807) is 6.07 Å². The molecule has 0 bridgehead atoms. The van der Waals surface area contributed by atoms with E-state index in [-0.39, 0.29) is 11.5 Å². The van der Waals surface area contributed by atoms with Gasteiger partial charge in [0.05, 0.1) is 18.3 Å². The second kappa shape index (κ2) is 5.61. The Hall–Kier alpha value is -1.07. The number of rotatable bonds is 1. The van der Waals surface area contributed by atoms with Crippen molar-refractivity contribution in [3.63, 3.8) is 0 Å². The first-order chi connectivity index (χ1) is 9.99. The quantitative estimate of drug-likeness (QED) is 0.848. The average molecular weight is 299 g/mol. The van der Waals surface area contributed by atoms with Crippen LogP contribution in [0.15, 0.2) is 24.3 Å². The third-order valence-corrected chi connectivity index (χ3v) is 4.67. The number of alkyl halides is 3. The molecule has 2 aliphatic rings. The first-order valence-corrected chi connectivity index (χ1v) is 7.48. The maximum Gasteiger partial charge on any atom is 0.416 e. The van der Waals surface area contributed by atoms with E-state index in [9.17, 15) is 13.2 Å². The highest BCUT2D eigenvalue weighted by Gasteiger charge is 2.37. The van der Waals surface area contributed by atoms with Crippen LogP contribution in [0.25, 0.3) is 0 Å². The minimum atomic E-state index is -4.30. The Morgan fingerprint density at radius 3 is 2.67 bits per heavy atom. The van der Waals surface area contributed by atoms with Gasteiger partial charge >= 0.3 is 6.18 Å². The van der Waals surface area contributed by atoms with Gasteiger partial charge in [0.1, 0.15) is 0 Å². The van der Waals surface area contributed by atoms with Crippen molar-refractivity contribution in [3.8, 4) is 0 Å². The summed E-state index contributed by atoms with van der Waals surface area (Å²) in [5, 5.41) is 3.38. The topological polar surface area (TPSA) is 21.3 Å². The van der Waals surface area contributed by atoms with Gasteiger partial charge in [0, 0.05) is 18.5 Å². The van der Waals surface area contributed by atoms with Gasteiger partial charge in [0.25, 0.3) is 0 Å². The molecule has 0 amide bonds. The number of hydrogen-bond acceptors (Lipinski definition) is 2. The van der Waals surface area contributed by atoms with Crippen LogP contribution in [0.3, 0.4) is 0 Å². The van der Waals surface area contributed by atoms with E-state index in [4.69, 9.17) is 4.74 Å². The van der Waals surface area contributed by atoms with Gasteiger partial charge < -0.3 is 10.1 Å². The molecule has 0 radical (unpaired) electrons. The fourth-order valence-electron chi connectivity index (χ4n) is 3.43. The predicted octanol–water partition coefficient (Wildman–Crippen LogP) is 3.93. The lowest BCUT2D eigenvalue weighted by molar-refractivity contribution is -0.137. The smallest absolute Gasteiger partial charge is 0.372 e. The van der Waals surface area contributed by atoms with Crippen LogP contribution in [0.2, 0.25) is 0 Å². The van der Waals surface area contributed by atoms with Crippen LogP contribution in [-0.4, -0.2) is 19.7 Å². The van der Waals surface area contributed by atoms with Crippen molar-refractivity contribution >= 4 is 0 Å². The molecule has 1 atom stereocenters. The lowest BCUT2D eigenvalue weighted by Crippen LogP contribution is -2.32. The maximum absolute atomic E-state index is 12.8. The zero-order valence-corrected chi connectivity index (χ0v) is 11.9. The van der Waals surface area contributed by atoms with Gasteiger partial charge in [-0.15, -0.1) is 0 Å². The van der Waals surface area contributed by atoms with E-state index >= 15 is 0 Å². The standard InChI is InChI=1S/C16H20F3NO/c17-16(18,19)13-5-3-4-12(8-13)14-9-20-10-15(11-21-14)6-1-2-7-15/h3-5,8,14,20H,1-2,6-7,9-11H2. The van der Waals surface area contributed by atoms with E-state index in [0.29, 0.717) is 18.7 Å². The van der Waals surface area contributed by atoms with Gasteiger partial charge in [-0.05, 0) is 30.5 Å². The molecule has 2 nitrogen and oxygen atoms in total. The summed E-state index contributed by atoms with van der Waals surface area (Å²) in [7, 11) is 0. The van der Waals surface area contributed by atoms with E-state index in [1.165, 1.54) is 25.0 Å². The number of hydrogen-bond donors (Lipinski definition) is 1. The first-order valence-electron chi connectivity index (χ1n) is 7.48. The van der Waals surface area contributed by atoms with Crippen LogP contribution in [0.4, 0.5) is 13.2 Å². The van der Waals surface area contributed by atoms with Gasteiger partial charge in [-0.1, -0.05) is 25.0 Å². The molecule has 2 fully saturated rings. The molecule has 1 heterocycles. The maximum atomic E-state index is 12.8. The second-order valence-electron chi connectivity index (χ2n) is 6.26. The SMILES string of the molecule is FC(F)(F)c1cccc(C2CNCC3(CCCC3)CO2)c1. The Morgan fingerprint density at radius 1 is 1.19 bits per heavy atom. The van der Waals surface area contributed by atoms with Crippen molar-refractivity contribution in [1.29, 1.82) is 0 Å². The summed E-state index contributed by atoms with van der Waals surface area (Å²) in [4.78, 5) is 0. The number of benzene rings is 1. The van der Waals surface area contributed by atoms with Crippen LogP contribution in [0.5, 0.6) is 0 Å². The Balaban J connectivity index is 1.75. The molecule has 1 N–H and O–H groups in total. The van der Waals surface area contributed by atoms with Crippen molar-refractivity contribution < 1.29 is 17.9 Å². The van der Waals surface area contributed by atoms with Crippen LogP contribution in [0.1, 0.15) is 42.9 Å². The summed E-state index contributed by atoms with van der Waals surface area (Å²) in [6, 6.07) is 5.48. The molecule has 1 aromatic rings. The highest BCUT2D eigenvalue weighted by atomic mass is 19.4. The molecule has 0 aromatic heterocycles. The van der Waals surface area contributed by atoms with Gasteiger partial charge in [-0.25, -0.2) is 0 Å². The monoisotopic (exact) mass is 299 g/mol. The fourth-order valence-corrected chi connectivity index (χ4v) is 3.43. The minimum Gasteiger partial charge on any atom is -0.372 e. The van der Waals surface area contributed by atoms with Crippen molar-refractivity contribution in [2.24, 2.45) is 5.41 Å². The van der Waals surface area contributed by atoms with E-state index in [2.05, 4.69) is 5.32 Å². The summed E-state index contributed by atoms with van der Waals surface area (Å²) < 4.78 is 44.4. The van der Waals surface area contributed by atoms with Crippen molar-refractivity contribution in [2.75, 3.05) is 19.7 Å². The molecule has 5 heteroatoms. The lowest BCUT2D eigenvalue weighted by atomic mass is 9.87. The summed E-state index contributed by atoms with van der Waals surface area (Å²) in [6.45, 7) is 2.12.